The first kappa shape index (κ1) is 21.0. The summed E-state index contributed by atoms with van der Waals surface area (Å²) in [6.45, 7) is 8.34. The van der Waals surface area contributed by atoms with E-state index in [0.29, 0.717) is 17.2 Å². The Hall–Kier alpha value is -1.26. The Labute approximate surface area is 162 Å². The van der Waals surface area contributed by atoms with E-state index < -0.39 is 5.97 Å². The molecule has 2 rings (SSSR count). The maximum Gasteiger partial charge on any atom is 0.338 e. The van der Waals surface area contributed by atoms with Gasteiger partial charge in [-0.2, -0.15) is 0 Å². The molecule has 2 atom stereocenters. The van der Waals surface area contributed by atoms with Crippen molar-refractivity contribution in [3.8, 4) is 5.75 Å². The summed E-state index contributed by atoms with van der Waals surface area (Å²) >= 11 is 1.88. The van der Waals surface area contributed by atoms with Crippen LogP contribution in [0.25, 0.3) is 0 Å². The van der Waals surface area contributed by atoms with Gasteiger partial charge in [-0.15, -0.1) is 11.8 Å². The first-order valence-electron chi connectivity index (χ1n) is 9.81. The van der Waals surface area contributed by atoms with Crippen molar-refractivity contribution in [2.75, 3.05) is 12.4 Å². The minimum atomic E-state index is -0.390. The number of benzene rings is 1. The predicted molar refractivity (Wildman–Crippen MR) is 110 cm³/mol. The average molecular weight is 377 g/mol. The zero-order chi connectivity index (χ0) is 18.8. The van der Waals surface area contributed by atoms with Crippen LogP contribution in [0.5, 0.6) is 5.75 Å². The zero-order valence-corrected chi connectivity index (χ0v) is 17.0. The topological polar surface area (TPSA) is 35.5 Å². The third kappa shape index (κ3) is 7.16. The second kappa shape index (κ2) is 11.5. The van der Waals surface area contributed by atoms with E-state index in [-0.39, 0.29) is 5.44 Å². The molecule has 0 amide bonds. The van der Waals surface area contributed by atoms with Crippen molar-refractivity contribution < 1.29 is 14.3 Å². The Kier molecular flexibility index (Phi) is 9.27. The van der Waals surface area contributed by atoms with Crippen molar-refractivity contribution in [3.05, 3.63) is 42.0 Å². The molecule has 1 aliphatic rings. The van der Waals surface area contributed by atoms with Crippen LogP contribution in [0.1, 0.15) is 69.8 Å². The molecule has 2 unspecified atom stereocenters. The van der Waals surface area contributed by atoms with Gasteiger partial charge >= 0.3 is 5.97 Å². The molecule has 26 heavy (non-hydrogen) atoms. The Morgan fingerprint density at radius 1 is 1.19 bits per heavy atom. The molecule has 0 saturated carbocycles. The first-order valence-corrected chi connectivity index (χ1v) is 10.9. The predicted octanol–water partition coefficient (Wildman–Crippen LogP) is 6.30. The van der Waals surface area contributed by atoms with Gasteiger partial charge in [-0.1, -0.05) is 64.2 Å². The molecule has 0 N–H and O–H groups in total. The number of rotatable bonds is 10. The number of hydrogen-bond acceptors (Lipinski definition) is 4. The largest absolute Gasteiger partial charge is 0.423 e. The lowest BCUT2D eigenvalue weighted by molar-refractivity contribution is -0.130. The lowest BCUT2D eigenvalue weighted by Crippen LogP contribution is -2.20. The van der Waals surface area contributed by atoms with Crippen LogP contribution in [0.4, 0.5) is 0 Å². The fraction of sp³-hybridized carbons (Fsp3) is 0.591. The molecule has 144 valence electrons. The van der Waals surface area contributed by atoms with Gasteiger partial charge in [0, 0.05) is 11.3 Å². The monoisotopic (exact) mass is 376 g/mol. The number of thioether (sulfide) groups is 1. The summed E-state index contributed by atoms with van der Waals surface area (Å²) in [6.07, 6.45) is 9.40. The summed E-state index contributed by atoms with van der Waals surface area (Å²) in [5.41, 5.74) is 1.61. The Balaban J connectivity index is 1.69. The van der Waals surface area contributed by atoms with Crippen LogP contribution in [0, 0.1) is 5.92 Å². The molecule has 0 spiro atoms. The standard InChI is InChI=1S/C22H32O3S/c1-4-5-6-7-8-9-10-18-15-24-22(26-16-18)19-11-13-20(14-12-19)25-21(23)17(2)3/h11-14,18,22H,2,4-10,15-16H2,1,3H3. The van der Waals surface area contributed by atoms with Crippen LogP contribution in [0.15, 0.2) is 36.4 Å². The molecule has 1 aliphatic heterocycles. The normalized spacial score (nSPS) is 19.9. The van der Waals surface area contributed by atoms with Gasteiger partial charge in [0.1, 0.15) is 11.2 Å². The van der Waals surface area contributed by atoms with E-state index in [1.165, 1.54) is 44.9 Å². The van der Waals surface area contributed by atoms with Gasteiger partial charge in [0.25, 0.3) is 0 Å². The summed E-state index contributed by atoms with van der Waals surface area (Å²) in [7, 11) is 0. The van der Waals surface area contributed by atoms with Crippen LogP contribution >= 0.6 is 11.8 Å². The number of hydrogen-bond donors (Lipinski definition) is 0. The number of esters is 1. The quantitative estimate of drug-likeness (QED) is 0.208. The minimum absolute atomic E-state index is 0.0849. The van der Waals surface area contributed by atoms with Gasteiger partial charge in [-0.25, -0.2) is 4.79 Å². The van der Waals surface area contributed by atoms with Gasteiger partial charge in [0.2, 0.25) is 0 Å². The van der Waals surface area contributed by atoms with Gasteiger partial charge in [-0.05, 0) is 37.0 Å². The highest BCUT2D eigenvalue weighted by molar-refractivity contribution is 7.99. The zero-order valence-electron chi connectivity index (χ0n) is 16.2. The van der Waals surface area contributed by atoms with E-state index in [1.54, 1.807) is 6.92 Å². The summed E-state index contributed by atoms with van der Waals surface area (Å²) in [4.78, 5) is 11.5. The van der Waals surface area contributed by atoms with Crippen molar-refractivity contribution in [1.82, 2.24) is 0 Å². The highest BCUT2D eigenvalue weighted by atomic mass is 32.2. The fourth-order valence-corrected chi connectivity index (χ4v) is 4.24. The van der Waals surface area contributed by atoms with Crippen LogP contribution in [-0.2, 0) is 9.53 Å². The molecule has 0 radical (unpaired) electrons. The minimum Gasteiger partial charge on any atom is -0.423 e. The molecule has 0 aliphatic carbocycles. The van der Waals surface area contributed by atoms with E-state index >= 15 is 0 Å². The molecule has 0 aromatic heterocycles. The van der Waals surface area contributed by atoms with E-state index in [2.05, 4.69) is 13.5 Å². The molecule has 0 bridgehead atoms. The molecule has 1 aromatic rings. The van der Waals surface area contributed by atoms with Crippen molar-refractivity contribution in [1.29, 1.82) is 0 Å². The molecule has 1 aromatic carbocycles. The summed E-state index contributed by atoms with van der Waals surface area (Å²) in [5.74, 6) is 1.99. The molecule has 1 fully saturated rings. The third-order valence-electron chi connectivity index (χ3n) is 4.64. The number of ether oxygens (including phenoxy) is 2. The average Bonchev–Trinajstić information content (AvgIpc) is 2.65. The molecule has 3 nitrogen and oxygen atoms in total. The number of carbonyl (C=O) groups excluding carboxylic acids is 1. The van der Waals surface area contributed by atoms with Crippen molar-refractivity contribution >= 4 is 17.7 Å². The van der Waals surface area contributed by atoms with E-state index in [9.17, 15) is 4.79 Å². The van der Waals surface area contributed by atoms with Crippen LogP contribution < -0.4 is 4.74 Å². The summed E-state index contributed by atoms with van der Waals surface area (Å²) in [5, 5.41) is 0. The lowest BCUT2D eigenvalue weighted by Gasteiger charge is -2.29. The van der Waals surface area contributed by atoms with E-state index in [1.807, 2.05) is 36.0 Å². The second-order valence-corrected chi connectivity index (χ2v) is 8.25. The lowest BCUT2D eigenvalue weighted by atomic mass is 10.0. The molecular formula is C22H32O3S. The van der Waals surface area contributed by atoms with Crippen molar-refractivity contribution in [3.63, 3.8) is 0 Å². The second-order valence-electron chi connectivity index (χ2n) is 7.16. The van der Waals surface area contributed by atoms with Crippen LogP contribution in [0.2, 0.25) is 0 Å². The van der Waals surface area contributed by atoms with E-state index in [0.717, 1.165) is 17.9 Å². The van der Waals surface area contributed by atoms with Crippen molar-refractivity contribution in [2.24, 2.45) is 5.92 Å². The fourth-order valence-electron chi connectivity index (χ4n) is 3.00. The Morgan fingerprint density at radius 3 is 2.50 bits per heavy atom. The van der Waals surface area contributed by atoms with E-state index in [4.69, 9.17) is 9.47 Å². The highest BCUT2D eigenvalue weighted by Crippen LogP contribution is 2.38. The van der Waals surface area contributed by atoms with Gasteiger partial charge in [0.15, 0.2) is 0 Å². The maximum atomic E-state index is 11.5. The summed E-state index contributed by atoms with van der Waals surface area (Å²) < 4.78 is 11.3. The van der Waals surface area contributed by atoms with Gasteiger partial charge < -0.3 is 9.47 Å². The molecule has 1 saturated heterocycles. The number of unbranched alkanes of at least 4 members (excludes halogenated alkanes) is 5. The third-order valence-corrected chi connectivity index (χ3v) is 6.02. The molecule has 1 heterocycles. The molecule has 4 heteroatoms. The SMILES string of the molecule is C=C(C)C(=O)Oc1ccc(C2OCC(CCCCCCCC)CS2)cc1. The van der Waals surface area contributed by atoms with Gasteiger partial charge in [0.05, 0.1) is 6.61 Å². The first-order chi connectivity index (χ1) is 12.6. The van der Waals surface area contributed by atoms with Gasteiger partial charge in [-0.3, -0.25) is 0 Å². The molecular weight excluding hydrogens is 344 g/mol. The Morgan fingerprint density at radius 2 is 1.88 bits per heavy atom. The van der Waals surface area contributed by atoms with Crippen LogP contribution in [-0.4, -0.2) is 18.3 Å². The highest BCUT2D eigenvalue weighted by Gasteiger charge is 2.23. The summed E-state index contributed by atoms with van der Waals surface area (Å²) in [6, 6.07) is 7.60. The van der Waals surface area contributed by atoms with Crippen molar-refractivity contribution in [2.45, 2.75) is 64.2 Å². The Bertz CT molecular complexity index is 559. The van der Waals surface area contributed by atoms with Crippen LogP contribution in [0.3, 0.4) is 0 Å². The number of carbonyl (C=O) groups is 1. The smallest absolute Gasteiger partial charge is 0.338 e. The maximum absolute atomic E-state index is 11.5.